The molecule has 0 atom stereocenters. The summed E-state index contributed by atoms with van der Waals surface area (Å²) >= 11 is 0. The molecule has 0 spiro atoms. The molecular weight excluding hydrogens is 298 g/mol. The van der Waals surface area contributed by atoms with Crippen molar-refractivity contribution in [3.63, 3.8) is 0 Å². The van der Waals surface area contributed by atoms with Crippen LogP contribution in [0.3, 0.4) is 0 Å². The Morgan fingerprint density at radius 1 is 1.35 bits per heavy atom. The summed E-state index contributed by atoms with van der Waals surface area (Å²) in [5, 5.41) is 10.1. The number of pyridine rings is 1. The third-order valence-electron chi connectivity index (χ3n) is 3.23. The van der Waals surface area contributed by atoms with Gasteiger partial charge in [-0.3, -0.25) is 24.2 Å². The lowest BCUT2D eigenvalue weighted by atomic mass is 10.3. The van der Waals surface area contributed by atoms with Gasteiger partial charge < -0.3 is 10.6 Å². The molecule has 1 amide bonds. The Morgan fingerprint density at radius 3 is 3.00 bits per heavy atom. The lowest BCUT2D eigenvalue weighted by molar-refractivity contribution is 0.0955. The van der Waals surface area contributed by atoms with Crippen LogP contribution in [0.15, 0.2) is 35.5 Å². The van der Waals surface area contributed by atoms with E-state index in [1.807, 2.05) is 0 Å². The predicted molar refractivity (Wildman–Crippen MR) is 84.2 cm³/mol. The fraction of sp³-hybridized carbons (Fsp3) is 0.214. The molecule has 118 valence electrons. The lowest BCUT2D eigenvalue weighted by Crippen LogP contribution is -2.29. The fourth-order valence-corrected chi connectivity index (χ4v) is 2.07. The first-order valence-electron chi connectivity index (χ1n) is 6.99. The molecule has 0 aliphatic carbocycles. The van der Waals surface area contributed by atoms with Crippen LogP contribution < -0.4 is 16.2 Å². The number of H-pyrrole nitrogens is 1. The van der Waals surface area contributed by atoms with Crippen LogP contribution in [0.1, 0.15) is 10.4 Å². The van der Waals surface area contributed by atoms with Crippen LogP contribution in [0, 0.1) is 0 Å². The number of nitrogens with zero attached hydrogens (tertiary/aromatic N) is 4. The Bertz CT molecular complexity index is 885. The predicted octanol–water partition coefficient (Wildman–Crippen LogP) is -0.107. The molecule has 9 heteroatoms. The Labute approximate surface area is 130 Å². The van der Waals surface area contributed by atoms with Crippen LogP contribution in [-0.4, -0.2) is 43.7 Å². The van der Waals surface area contributed by atoms with Crippen molar-refractivity contribution in [2.24, 2.45) is 7.05 Å². The summed E-state index contributed by atoms with van der Waals surface area (Å²) < 4.78 is 1.53. The van der Waals surface area contributed by atoms with E-state index in [1.165, 1.54) is 17.1 Å². The molecule has 0 aliphatic rings. The third-order valence-corrected chi connectivity index (χ3v) is 3.23. The Morgan fingerprint density at radius 2 is 2.22 bits per heavy atom. The number of rotatable bonds is 5. The van der Waals surface area contributed by atoms with Crippen LogP contribution in [0.5, 0.6) is 0 Å². The fourth-order valence-electron chi connectivity index (χ4n) is 2.07. The van der Waals surface area contributed by atoms with Crippen LogP contribution >= 0.6 is 0 Å². The van der Waals surface area contributed by atoms with Gasteiger partial charge in [0.25, 0.3) is 11.5 Å². The number of carbonyl (C=O) groups excluding carboxylic acids is 1. The second-order valence-electron chi connectivity index (χ2n) is 4.84. The van der Waals surface area contributed by atoms with E-state index < -0.39 is 0 Å². The van der Waals surface area contributed by atoms with Crippen molar-refractivity contribution < 1.29 is 4.79 Å². The van der Waals surface area contributed by atoms with Crippen LogP contribution in [0.2, 0.25) is 0 Å². The molecular formula is C14H15N7O2. The number of aromatic nitrogens is 5. The number of nitrogens with one attached hydrogen (secondary N) is 3. The molecule has 0 radical (unpaired) electrons. The molecule has 0 fully saturated rings. The van der Waals surface area contributed by atoms with Crippen molar-refractivity contribution in [2.75, 3.05) is 18.4 Å². The smallest absolute Gasteiger partial charge is 0.263 e. The number of hydrogen-bond acceptors (Lipinski definition) is 6. The summed E-state index contributed by atoms with van der Waals surface area (Å²) in [7, 11) is 1.71. The van der Waals surface area contributed by atoms with Crippen molar-refractivity contribution in [2.45, 2.75) is 0 Å². The third kappa shape index (κ3) is 3.18. The number of anilines is 1. The minimum Gasteiger partial charge on any atom is -0.354 e. The number of carbonyl (C=O) groups is 1. The molecule has 0 aromatic carbocycles. The standard InChI is InChI=1S/C14H15N7O2/c1-21-11-10(8-18-21)13(23)20-14(19-11)17-6-5-16-12(22)9-3-2-4-15-7-9/h2-4,7-8H,5-6H2,1H3,(H,16,22)(H2,17,19,20,23). The van der Waals surface area contributed by atoms with Crippen molar-refractivity contribution in [3.05, 3.63) is 46.6 Å². The molecule has 9 nitrogen and oxygen atoms in total. The highest BCUT2D eigenvalue weighted by Crippen LogP contribution is 2.06. The summed E-state index contributed by atoms with van der Waals surface area (Å²) in [5.41, 5.74) is 0.732. The molecule has 0 aliphatic heterocycles. The van der Waals surface area contributed by atoms with Gasteiger partial charge >= 0.3 is 0 Å². The summed E-state index contributed by atoms with van der Waals surface area (Å²) in [5.74, 6) is 0.130. The second-order valence-corrected chi connectivity index (χ2v) is 4.84. The Balaban J connectivity index is 1.58. The molecule has 3 heterocycles. The zero-order valence-electron chi connectivity index (χ0n) is 12.4. The molecule has 0 unspecified atom stereocenters. The zero-order valence-corrected chi connectivity index (χ0v) is 12.4. The largest absolute Gasteiger partial charge is 0.354 e. The van der Waals surface area contributed by atoms with Gasteiger partial charge in [0.05, 0.1) is 11.8 Å². The number of aromatic amines is 1. The summed E-state index contributed by atoms with van der Waals surface area (Å²) in [6.45, 7) is 0.791. The van der Waals surface area contributed by atoms with E-state index in [9.17, 15) is 9.59 Å². The van der Waals surface area contributed by atoms with Gasteiger partial charge in [-0.05, 0) is 12.1 Å². The quantitative estimate of drug-likeness (QED) is 0.566. The molecule has 3 N–H and O–H groups in total. The van der Waals surface area contributed by atoms with Gasteiger partial charge in [0, 0.05) is 32.5 Å². The van der Waals surface area contributed by atoms with Gasteiger partial charge in [-0.1, -0.05) is 0 Å². The minimum atomic E-state index is -0.259. The van der Waals surface area contributed by atoms with Gasteiger partial charge in [-0.2, -0.15) is 10.1 Å². The first-order valence-corrected chi connectivity index (χ1v) is 6.99. The first-order chi connectivity index (χ1) is 11.1. The summed E-state index contributed by atoms with van der Waals surface area (Å²) in [4.78, 5) is 34.5. The SMILES string of the molecule is Cn1ncc2c(=O)[nH]c(NCCNC(=O)c3cccnc3)nc21. The highest BCUT2D eigenvalue weighted by atomic mass is 16.1. The van der Waals surface area contributed by atoms with Crippen molar-refractivity contribution in [1.29, 1.82) is 0 Å². The van der Waals surface area contributed by atoms with Gasteiger partial charge in [0.15, 0.2) is 5.65 Å². The van der Waals surface area contributed by atoms with Crippen LogP contribution in [0.25, 0.3) is 11.0 Å². The number of aryl methyl sites for hydroxylation is 1. The van der Waals surface area contributed by atoms with Crippen molar-refractivity contribution in [1.82, 2.24) is 30.0 Å². The first kappa shape index (κ1) is 14.7. The van der Waals surface area contributed by atoms with E-state index in [0.29, 0.717) is 35.6 Å². The molecule has 23 heavy (non-hydrogen) atoms. The molecule has 3 rings (SSSR count). The Kier molecular flexibility index (Phi) is 4.00. The Hall–Kier alpha value is -3.23. The van der Waals surface area contributed by atoms with E-state index in [2.05, 4.69) is 30.7 Å². The van der Waals surface area contributed by atoms with E-state index in [0.717, 1.165) is 0 Å². The normalized spacial score (nSPS) is 10.7. The number of fused-ring (bicyclic) bond motifs is 1. The topological polar surface area (TPSA) is 118 Å². The molecule has 0 bridgehead atoms. The maximum Gasteiger partial charge on any atom is 0.263 e. The second kappa shape index (κ2) is 6.26. The summed E-state index contributed by atoms with van der Waals surface area (Å²) in [6.07, 6.45) is 4.58. The van der Waals surface area contributed by atoms with Crippen LogP contribution in [-0.2, 0) is 7.05 Å². The molecule has 3 aromatic heterocycles. The van der Waals surface area contributed by atoms with Gasteiger partial charge in [-0.15, -0.1) is 0 Å². The average Bonchev–Trinajstić information content (AvgIpc) is 2.94. The highest BCUT2D eigenvalue weighted by Gasteiger charge is 2.08. The maximum atomic E-state index is 11.9. The van der Waals surface area contributed by atoms with Gasteiger partial charge in [-0.25, -0.2) is 0 Å². The molecule has 0 saturated carbocycles. The van der Waals surface area contributed by atoms with E-state index in [4.69, 9.17) is 0 Å². The van der Waals surface area contributed by atoms with Crippen molar-refractivity contribution >= 4 is 22.9 Å². The minimum absolute atomic E-state index is 0.205. The zero-order chi connectivity index (χ0) is 16.2. The van der Waals surface area contributed by atoms with E-state index in [-0.39, 0.29) is 11.5 Å². The lowest BCUT2D eigenvalue weighted by Gasteiger charge is -2.07. The van der Waals surface area contributed by atoms with Crippen molar-refractivity contribution in [3.8, 4) is 0 Å². The maximum absolute atomic E-state index is 11.9. The van der Waals surface area contributed by atoms with Gasteiger partial charge in [0.2, 0.25) is 5.95 Å². The van der Waals surface area contributed by atoms with Gasteiger partial charge in [0.1, 0.15) is 5.39 Å². The molecule has 3 aromatic rings. The number of hydrogen-bond donors (Lipinski definition) is 3. The highest BCUT2D eigenvalue weighted by molar-refractivity contribution is 5.93. The average molecular weight is 313 g/mol. The number of amides is 1. The molecule has 0 saturated heterocycles. The monoisotopic (exact) mass is 313 g/mol. The van der Waals surface area contributed by atoms with E-state index in [1.54, 1.807) is 25.4 Å². The summed E-state index contributed by atoms with van der Waals surface area (Å²) in [6, 6.07) is 3.38. The van der Waals surface area contributed by atoms with E-state index >= 15 is 0 Å². The van der Waals surface area contributed by atoms with Crippen LogP contribution in [0.4, 0.5) is 5.95 Å².